The highest BCUT2D eigenvalue weighted by atomic mass is 79.9. The van der Waals surface area contributed by atoms with Crippen molar-refractivity contribution in [2.24, 2.45) is 0 Å². The van der Waals surface area contributed by atoms with Crippen LogP contribution in [0.5, 0.6) is 0 Å². The van der Waals surface area contributed by atoms with Gasteiger partial charge in [0.2, 0.25) is 5.91 Å². The fourth-order valence-electron chi connectivity index (χ4n) is 2.29. The zero-order chi connectivity index (χ0) is 16.2. The number of thiazole rings is 1. The molecule has 0 saturated heterocycles. The Morgan fingerprint density at radius 1 is 1.39 bits per heavy atom. The van der Waals surface area contributed by atoms with Crippen LogP contribution in [0.3, 0.4) is 0 Å². The molecule has 0 fully saturated rings. The molecule has 0 atom stereocenters. The van der Waals surface area contributed by atoms with Gasteiger partial charge in [0.15, 0.2) is 5.13 Å². The smallest absolute Gasteiger partial charge is 0.229 e. The molecular formula is C17H17BrN2O2S. The highest BCUT2D eigenvalue weighted by molar-refractivity contribution is 9.10. The Morgan fingerprint density at radius 2 is 2.26 bits per heavy atom. The van der Waals surface area contributed by atoms with Gasteiger partial charge < -0.3 is 4.42 Å². The lowest BCUT2D eigenvalue weighted by molar-refractivity contribution is -0.118. The summed E-state index contributed by atoms with van der Waals surface area (Å²) in [5, 5.41) is 0.718. The number of unbranched alkanes of at least 4 members (excludes halogenated alkanes) is 1. The Kier molecular flexibility index (Phi) is 5.13. The third-order valence-corrected chi connectivity index (χ3v) is 5.04. The van der Waals surface area contributed by atoms with Crippen LogP contribution in [0.1, 0.15) is 31.9 Å². The fourth-order valence-corrected chi connectivity index (χ4v) is 3.82. The van der Waals surface area contributed by atoms with E-state index in [0.717, 1.165) is 38.4 Å². The summed E-state index contributed by atoms with van der Waals surface area (Å²) in [4.78, 5) is 19.0. The molecule has 0 spiro atoms. The molecule has 0 aliphatic rings. The van der Waals surface area contributed by atoms with E-state index in [1.165, 1.54) is 11.3 Å². The Bertz CT molecular complexity index is 798. The molecule has 4 nitrogen and oxygen atoms in total. The molecule has 1 amide bonds. The molecule has 1 aromatic carbocycles. The van der Waals surface area contributed by atoms with Crippen molar-refractivity contribution in [1.29, 1.82) is 0 Å². The molecule has 120 valence electrons. The zero-order valence-electron chi connectivity index (χ0n) is 12.8. The first-order chi connectivity index (χ1) is 11.2. The van der Waals surface area contributed by atoms with Crippen molar-refractivity contribution >= 4 is 48.5 Å². The predicted octanol–water partition coefficient (Wildman–Crippen LogP) is 5.38. The quantitative estimate of drug-likeness (QED) is 0.565. The van der Waals surface area contributed by atoms with Crippen molar-refractivity contribution in [3.05, 3.63) is 46.8 Å². The SMILES string of the molecule is CCCCC(=O)N(Cc1ccco1)c1nc2ccc(Br)cc2s1. The molecule has 0 radical (unpaired) electrons. The van der Waals surface area contributed by atoms with E-state index in [2.05, 4.69) is 27.8 Å². The first kappa shape index (κ1) is 16.2. The summed E-state index contributed by atoms with van der Waals surface area (Å²) in [5.74, 6) is 0.844. The van der Waals surface area contributed by atoms with Gasteiger partial charge in [-0.15, -0.1) is 0 Å². The number of benzene rings is 1. The fraction of sp³-hybridized carbons (Fsp3) is 0.294. The Labute approximate surface area is 147 Å². The molecule has 3 rings (SSSR count). The normalized spacial score (nSPS) is 11.0. The number of nitrogens with zero attached hydrogens (tertiary/aromatic N) is 2. The van der Waals surface area contributed by atoms with Crippen LogP contribution in [-0.4, -0.2) is 10.9 Å². The summed E-state index contributed by atoms with van der Waals surface area (Å²) in [6, 6.07) is 9.66. The highest BCUT2D eigenvalue weighted by Crippen LogP contribution is 2.32. The highest BCUT2D eigenvalue weighted by Gasteiger charge is 2.20. The standard InChI is InChI=1S/C17H17BrN2O2S/c1-2-3-6-16(21)20(11-13-5-4-9-22-13)17-19-14-8-7-12(18)10-15(14)23-17/h4-5,7-10H,2-3,6,11H2,1H3. The monoisotopic (exact) mass is 392 g/mol. The number of anilines is 1. The van der Waals surface area contributed by atoms with Crippen molar-refractivity contribution in [2.45, 2.75) is 32.7 Å². The van der Waals surface area contributed by atoms with Gasteiger partial charge in [-0.1, -0.05) is 40.6 Å². The summed E-state index contributed by atoms with van der Waals surface area (Å²) >= 11 is 5.00. The minimum absolute atomic E-state index is 0.0846. The minimum atomic E-state index is 0.0846. The van der Waals surface area contributed by atoms with Gasteiger partial charge in [0.05, 0.1) is 23.0 Å². The Hall–Kier alpha value is -1.66. The molecule has 2 aromatic heterocycles. The van der Waals surface area contributed by atoms with Crippen molar-refractivity contribution < 1.29 is 9.21 Å². The van der Waals surface area contributed by atoms with Crippen LogP contribution in [0, 0.1) is 0 Å². The van der Waals surface area contributed by atoms with Gasteiger partial charge in [0, 0.05) is 10.9 Å². The van der Waals surface area contributed by atoms with Crippen molar-refractivity contribution in [1.82, 2.24) is 4.98 Å². The maximum atomic E-state index is 12.6. The number of furan rings is 1. The van der Waals surface area contributed by atoms with Crippen LogP contribution in [0.15, 0.2) is 45.5 Å². The number of carbonyl (C=O) groups excluding carboxylic acids is 1. The van der Waals surface area contributed by atoms with Gasteiger partial charge >= 0.3 is 0 Å². The lowest BCUT2D eigenvalue weighted by atomic mass is 10.2. The van der Waals surface area contributed by atoms with Gasteiger partial charge in [0.25, 0.3) is 0 Å². The number of hydrogen-bond donors (Lipinski definition) is 0. The first-order valence-electron chi connectivity index (χ1n) is 7.56. The summed E-state index contributed by atoms with van der Waals surface area (Å²) in [7, 11) is 0. The number of amides is 1. The average molecular weight is 393 g/mol. The van der Waals surface area contributed by atoms with Crippen molar-refractivity contribution in [3.8, 4) is 0 Å². The maximum Gasteiger partial charge on any atom is 0.229 e. The van der Waals surface area contributed by atoms with Crippen molar-refractivity contribution in [2.75, 3.05) is 4.90 Å². The molecule has 2 heterocycles. The number of rotatable bonds is 6. The number of fused-ring (bicyclic) bond motifs is 1. The van der Waals surface area contributed by atoms with E-state index < -0.39 is 0 Å². The molecule has 3 aromatic rings. The van der Waals surface area contributed by atoms with E-state index in [9.17, 15) is 4.79 Å². The van der Waals surface area contributed by atoms with E-state index in [1.54, 1.807) is 11.2 Å². The molecule has 0 aliphatic heterocycles. The summed E-state index contributed by atoms with van der Waals surface area (Å²) in [6.45, 7) is 2.50. The van der Waals surface area contributed by atoms with Crippen LogP contribution >= 0.6 is 27.3 Å². The lowest BCUT2D eigenvalue weighted by Gasteiger charge is -2.18. The van der Waals surface area contributed by atoms with E-state index in [4.69, 9.17) is 4.42 Å². The molecule has 0 saturated carbocycles. The second-order valence-electron chi connectivity index (χ2n) is 5.27. The van der Waals surface area contributed by atoms with Crippen LogP contribution in [0.25, 0.3) is 10.2 Å². The summed E-state index contributed by atoms with van der Waals surface area (Å²) in [6.07, 6.45) is 4.02. The summed E-state index contributed by atoms with van der Waals surface area (Å²) < 4.78 is 7.48. The summed E-state index contributed by atoms with van der Waals surface area (Å²) in [5.41, 5.74) is 0.904. The Balaban J connectivity index is 1.92. The van der Waals surface area contributed by atoms with Gasteiger partial charge in [-0.25, -0.2) is 4.98 Å². The number of aromatic nitrogens is 1. The molecular weight excluding hydrogens is 376 g/mol. The number of hydrogen-bond acceptors (Lipinski definition) is 4. The molecule has 0 bridgehead atoms. The molecule has 6 heteroatoms. The van der Waals surface area contributed by atoms with E-state index >= 15 is 0 Å². The second-order valence-corrected chi connectivity index (χ2v) is 7.20. The molecule has 0 N–H and O–H groups in total. The van der Waals surface area contributed by atoms with E-state index in [-0.39, 0.29) is 5.91 Å². The maximum absolute atomic E-state index is 12.6. The van der Waals surface area contributed by atoms with E-state index in [0.29, 0.717) is 13.0 Å². The third kappa shape index (κ3) is 3.82. The van der Waals surface area contributed by atoms with Gasteiger partial charge in [-0.2, -0.15) is 0 Å². The zero-order valence-corrected chi connectivity index (χ0v) is 15.2. The minimum Gasteiger partial charge on any atom is -0.467 e. The molecule has 0 aliphatic carbocycles. The largest absolute Gasteiger partial charge is 0.467 e. The van der Waals surface area contributed by atoms with Gasteiger partial charge in [0.1, 0.15) is 5.76 Å². The topological polar surface area (TPSA) is 46.3 Å². The lowest BCUT2D eigenvalue weighted by Crippen LogP contribution is -2.29. The van der Waals surface area contributed by atoms with E-state index in [1.807, 2.05) is 30.3 Å². The predicted molar refractivity (Wildman–Crippen MR) is 96.7 cm³/mol. The van der Waals surface area contributed by atoms with Gasteiger partial charge in [-0.3, -0.25) is 9.69 Å². The third-order valence-electron chi connectivity index (χ3n) is 3.51. The Morgan fingerprint density at radius 3 is 3.00 bits per heavy atom. The number of carbonyl (C=O) groups is 1. The second kappa shape index (κ2) is 7.27. The van der Waals surface area contributed by atoms with Crippen LogP contribution in [-0.2, 0) is 11.3 Å². The molecule has 0 unspecified atom stereocenters. The van der Waals surface area contributed by atoms with Crippen LogP contribution in [0.2, 0.25) is 0 Å². The van der Waals surface area contributed by atoms with Crippen LogP contribution in [0.4, 0.5) is 5.13 Å². The van der Waals surface area contributed by atoms with Gasteiger partial charge in [-0.05, 0) is 36.8 Å². The average Bonchev–Trinajstić information content (AvgIpc) is 3.18. The first-order valence-corrected chi connectivity index (χ1v) is 9.17. The number of halogens is 1. The van der Waals surface area contributed by atoms with Crippen LogP contribution < -0.4 is 4.90 Å². The molecule has 23 heavy (non-hydrogen) atoms. The van der Waals surface area contributed by atoms with Crippen molar-refractivity contribution in [3.63, 3.8) is 0 Å².